The first-order valence-corrected chi connectivity index (χ1v) is 8.31. The largest absolute Gasteiger partial charge is 0.312 e. The molecule has 7 heteroatoms. The SMILES string of the molecule is CC1CN(Cc2ccc(S(=O)(=O)N(C)C)cc2)CCN1.Cl. The maximum Gasteiger partial charge on any atom is 0.242 e. The predicted molar refractivity (Wildman–Crippen MR) is 87.3 cm³/mol. The Morgan fingerprint density at radius 3 is 2.43 bits per heavy atom. The normalized spacial score (nSPS) is 20.3. The van der Waals surface area contributed by atoms with Crippen LogP contribution in [0.25, 0.3) is 0 Å². The summed E-state index contributed by atoms with van der Waals surface area (Å²) < 4.78 is 25.2. The summed E-state index contributed by atoms with van der Waals surface area (Å²) in [5.41, 5.74) is 1.15. The van der Waals surface area contributed by atoms with Gasteiger partial charge in [0, 0.05) is 46.3 Å². The molecule has 0 amide bonds. The Morgan fingerprint density at radius 1 is 1.29 bits per heavy atom. The first-order chi connectivity index (χ1) is 9.39. The Labute approximate surface area is 133 Å². The van der Waals surface area contributed by atoms with Gasteiger partial charge in [-0.05, 0) is 24.6 Å². The fourth-order valence-corrected chi connectivity index (χ4v) is 3.29. The van der Waals surface area contributed by atoms with E-state index in [2.05, 4.69) is 17.1 Å². The van der Waals surface area contributed by atoms with Crippen LogP contribution in [0.5, 0.6) is 0 Å². The number of rotatable bonds is 4. The Balaban J connectivity index is 0.00000220. The molecule has 1 aliphatic heterocycles. The molecule has 0 radical (unpaired) electrons. The second kappa shape index (κ2) is 7.56. The second-order valence-corrected chi connectivity index (χ2v) is 7.67. The van der Waals surface area contributed by atoms with Crippen LogP contribution in [0.15, 0.2) is 29.2 Å². The van der Waals surface area contributed by atoms with E-state index >= 15 is 0 Å². The summed E-state index contributed by atoms with van der Waals surface area (Å²) in [6, 6.07) is 7.70. The number of halogens is 1. The van der Waals surface area contributed by atoms with E-state index in [1.807, 2.05) is 12.1 Å². The molecule has 120 valence electrons. The summed E-state index contributed by atoms with van der Waals surface area (Å²) in [6.45, 7) is 6.11. The van der Waals surface area contributed by atoms with Gasteiger partial charge in [-0.15, -0.1) is 12.4 Å². The molecule has 1 aliphatic rings. The fourth-order valence-electron chi connectivity index (χ4n) is 2.39. The molecule has 0 bridgehead atoms. The molecule has 1 fully saturated rings. The molecule has 1 saturated heterocycles. The van der Waals surface area contributed by atoms with Crippen LogP contribution in [0.3, 0.4) is 0 Å². The molecule has 1 heterocycles. The molecule has 0 spiro atoms. The smallest absolute Gasteiger partial charge is 0.242 e. The van der Waals surface area contributed by atoms with Crippen LogP contribution in [0, 0.1) is 0 Å². The molecular weight excluding hydrogens is 310 g/mol. The summed E-state index contributed by atoms with van der Waals surface area (Å²) in [6.07, 6.45) is 0. The molecule has 1 N–H and O–H groups in total. The van der Waals surface area contributed by atoms with Gasteiger partial charge in [0.1, 0.15) is 0 Å². The number of nitrogens with zero attached hydrogens (tertiary/aromatic N) is 2. The van der Waals surface area contributed by atoms with E-state index in [4.69, 9.17) is 0 Å². The average molecular weight is 334 g/mol. The van der Waals surface area contributed by atoms with E-state index in [1.165, 1.54) is 4.31 Å². The molecule has 0 aromatic heterocycles. The third kappa shape index (κ3) is 4.66. The average Bonchev–Trinajstić information content (AvgIpc) is 2.39. The highest BCUT2D eigenvalue weighted by molar-refractivity contribution is 7.89. The zero-order valence-electron chi connectivity index (χ0n) is 12.7. The highest BCUT2D eigenvalue weighted by Gasteiger charge is 2.18. The van der Waals surface area contributed by atoms with Gasteiger partial charge in [0.2, 0.25) is 10.0 Å². The third-order valence-electron chi connectivity index (χ3n) is 3.56. The van der Waals surface area contributed by atoms with Crippen LogP contribution in [-0.4, -0.2) is 57.4 Å². The van der Waals surface area contributed by atoms with Gasteiger partial charge in [0.25, 0.3) is 0 Å². The minimum absolute atomic E-state index is 0. The molecule has 1 aromatic carbocycles. The summed E-state index contributed by atoms with van der Waals surface area (Å²) in [5.74, 6) is 0. The van der Waals surface area contributed by atoms with Crippen molar-refractivity contribution < 1.29 is 8.42 Å². The molecule has 0 saturated carbocycles. The standard InChI is InChI=1S/C14H23N3O2S.ClH/c1-12-10-17(9-8-15-12)11-13-4-6-14(7-5-13)20(18,19)16(2)3;/h4-7,12,15H,8-11H2,1-3H3;1H. The minimum Gasteiger partial charge on any atom is -0.312 e. The lowest BCUT2D eigenvalue weighted by Crippen LogP contribution is -2.48. The van der Waals surface area contributed by atoms with Crippen molar-refractivity contribution >= 4 is 22.4 Å². The molecule has 1 unspecified atom stereocenters. The number of benzene rings is 1. The summed E-state index contributed by atoms with van der Waals surface area (Å²) in [5, 5.41) is 3.41. The lowest BCUT2D eigenvalue weighted by atomic mass is 10.1. The van der Waals surface area contributed by atoms with Gasteiger partial charge in [-0.2, -0.15) is 0 Å². The number of sulfonamides is 1. The molecular formula is C14H24ClN3O2S. The zero-order valence-corrected chi connectivity index (χ0v) is 14.4. The molecule has 2 rings (SSSR count). The van der Waals surface area contributed by atoms with Gasteiger partial charge < -0.3 is 5.32 Å². The molecule has 5 nitrogen and oxygen atoms in total. The van der Waals surface area contributed by atoms with Gasteiger partial charge in [-0.3, -0.25) is 4.90 Å². The van der Waals surface area contributed by atoms with Crippen LogP contribution < -0.4 is 5.32 Å². The third-order valence-corrected chi connectivity index (χ3v) is 5.39. The van der Waals surface area contributed by atoms with Crippen LogP contribution in [0.2, 0.25) is 0 Å². The van der Waals surface area contributed by atoms with Crippen molar-refractivity contribution in [1.29, 1.82) is 0 Å². The van der Waals surface area contributed by atoms with Crippen molar-refractivity contribution in [3.8, 4) is 0 Å². The minimum atomic E-state index is -3.33. The maximum absolute atomic E-state index is 12.0. The van der Waals surface area contributed by atoms with Gasteiger partial charge in [0.05, 0.1) is 4.90 Å². The monoisotopic (exact) mass is 333 g/mol. The number of piperazine rings is 1. The van der Waals surface area contributed by atoms with Crippen LogP contribution in [0.1, 0.15) is 12.5 Å². The second-order valence-electron chi connectivity index (χ2n) is 5.52. The Morgan fingerprint density at radius 2 is 1.90 bits per heavy atom. The van der Waals surface area contributed by atoms with Gasteiger partial charge >= 0.3 is 0 Å². The molecule has 21 heavy (non-hydrogen) atoms. The van der Waals surface area contributed by atoms with Crippen molar-refractivity contribution in [2.45, 2.75) is 24.4 Å². The lowest BCUT2D eigenvalue weighted by molar-refractivity contribution is 0.199. The number of hydrogen-bond acceptors (Lipinski definition) is 4. The van der Waals surface area contributed by atoms with Gasteiger partial charge in [0.15, 0.2) is 0 Å². The van der Waals surface area contributed by atoms with Crippen LogP contribution >= 0.6 is 12.4 Å². The maximum atomic E-state index is 12.0. The van der Waals surface area contributed by atoms with Crippen molar-refractivity contribution in [3.63, 3.8) is 0 Å². The topological polar surface area (TPSA) is 52.7 Å². The van der Waals surface area contributed by atoms with Crippen molar-refractivity contribution in [3.05, 3.63) is 29.8 Å². The molecule has 1 aromatic rings. The number of nitrogens with one attached hydrogen (secondary N) is 1. The predicted octanol–water partition coefficient (Wildman–Crippen LogP) is 1.15. The van der Waals surface area contributed by atoms with Crippen LogP contribution in [0.4, 0.5) is 0 Å². The van der Waals surface area contributed by atoms with Crippen molar-refractivity contribution in [1.82, 2.24) is 14.5 Å². The fraction of sp³-hybridized carbons (Fsp3) is 0.571. The van der Waals surface area contributed by atoms with E-state index in [0.29, 0.717) is 10.9 Å². The van der Waals surface area contributed by atoms with E-state index < -0.39 is 10.0 Å². The van der Waals surface area contributed by atoms with E-state index in [0.717, 1.165) is 31.7 Å². The van der Waals surface area contributed by atoms with Crippen LogP contribution in [-0.2, 0) is 16.6 Å². The summed E-state index contributed by atoms with van der Waals surface area (Å²) in [4.78, 5) is 2.73. The summed E-state index contributed by atoms with van der Waals surface area (Å²) >= 11 is 0. The quantitative estimate of drug-likeness (QED) is 0.898. The van der Waals surface area contributed by atoms with E-state index in [1.54, 1.807) is 26.2 Å². The Kier molecular flexibility index (Phi) is 6.62. The first-order valence-electron chi connectivity index (χ1n) is 6.87. The molecule has 1 atom stereocenters. The number of hydrogen-bond donors (Lipinski definition) is 1. The van der Waals surface area contributed by atoms with Gasteiger partial charge in [-0.1, -0.05) is 12.1 Å². The van der Waals surface area contributed by atoms with E-state index in [-0.39, 0.29) is 12.4 Å². The highest BCUT2D eigenvalue weighted by Crippen LogP contribution is 2.15. The van der Waals surface area contributed by atoms with Crippen molar-refractivity contribution in [2.24, 2.45) is 0 Å². The zero-order chi connectivity index (χ0) is 14.8. The lowest BCUT2D eigenvalue weighted by Gasteiger charge is -2.31. The summed E-state index contributed by atoms with van der Waals surface area (Å²) in [7, 11) is -0.232. The van der Waals surface area contributed by atoms with Crippen molar-refractivity contribution in [2.75, 3.05) is 33.7 Å². The van der Waals surface area contributed by atoms with Gasteiger partial charge in [-0.25, -0.2) is 12.7 Å². The highest BCUT2D eigenvalue weighted by atomic mass is 35.5. The molecule has 0 aliphatic carbocycles. The van der Waals surface area contributed by atoms with E-state index in [9.17, 15) is 8.42 Å². The first kappa shape index (κ1) is 18.4. The Bertz CT molecular complexity index is 546. The Hall–Kier alpha value is -0.660.